The van der Waals surface area contributed by atoms with Crippen LogP contribution in [0.1, 0.15) is 23.0 Å². The number of Topliss-reactive ketones (excluding diaryl/α,β-unsaturated/α-hetero) is 1. The van der Waals surface area contributed by atoms with Crippen molar-refractivity contribution >= 4 is 11.6 Å². The summed E-state index contributed by atoms with van der Waals surface area (Å²) in [6, 6.07) is 10.8. The number of imidazole rings is 1. The molecule has 0 fully saturated rings. The van der Waals surface area contributed by atoms with Crippen molar-refractivity contribution in [3.63, 3.8) is 0 Å². The van der Waals surface area contributed by atoms with Gasteiger partial charge in [-0.2, -0.15) is 22.8 Å². The molecule has 4 aromatic rings. The van der Waals surface area contributed by atoms with E-state index in [0.717, 1.165) is 4.52 Å². The molecule has 0 radical (unpaired) electrons. The maximum Gasteiger partial charge on any atom is 0.435 e. The number of rotatable bonds is 3. The van der Waals surface area contributed by atoms with Crippen molar-refractivity contribution in [3.8, 4) is 22.4 Å². The van der Waals surface area contributed by atoms with Gasteiger partial charge < -0.3 is 0 Å². The van der Waals surface area contributed by atoms with E-state index in [1.807, 2.05) is 0 Å². The van der Waals surface area contributed by atoms with Gasteiger partial charge in [-0.15, -0.1) is 0 Å². The molecule has 0 aliphatic heterocycles. The highest BCUT2D eigenvalue weighted by Gasteiger charge is 2.33. The van der Waals surface area contributed by atoms with Crippen molar-refractivity contribution in [2.24, 2.45) is 0 Å². The van der Waals surface area contributed by atoms with Crippen molar-refractivity contribution in [3.05, 3.63) is 71.9 Å². The Morgan fingerprint density at radius 2 is 1.83 bits per heavy atom. The average Bonchev–Trinajstić information content (AvgIpc) is 3.11. The summed E-state index contributed by atoms with van der Waals surface area (Å²) in [5.41, 5.74) is 0.855. The van der Waals surface area contributed by atoms with Crippen LogP contribution in [-0.2, 0) is 6.18 Å². The van der Waals surface area contributed by atoms with E-state index < -0.39 is 17.7 Å². The molecule has 0 atom stereocenters. The van der Waals surface area contributed by atoms with Crippen LogP contribution < -0.4 is 0 Å². The van der Waals surface area contributed by atoms with E-state index in [9.17, 15) is 22.4 Å². The Balaban J connectivity index is 1.82. The highest BCUT2D eigenvalue weighted by molar-refractivity contribution is 5.95. The van der Waals surface area contributed by atoms with Crippen molar-refractivity contribution in [2.75, 3.05) is 0 Å². The number of aromatic nitrogens is 4. The minimum Gasteiger partial charge on any atom is -0.295 e. The zero-order valence-corrected chi connectivity index (χ0v) is 14.9. The van der Waals surface area contributed by atoms with Gasteiger partial charge in [-0.1, -0.05) is 18.2 Å². The summed E-state index contributed by atoms with van der Waals surface area (Å²) in [4.78, 5) is 19.0. The largest absolute Gasteiger partial charge is 0.435 e. The summed E-state index contributed by atoms with van der Waals surface area (Å²) in [6.45, 7) is 1.41. The van der Waals surface area contributed by atoms with E-state index in [2.05, 4.69) is 15.1 Å². The fourth-order valence-electron chi connectivity index (χ4n) is 2.92. The molecule has 0 saturated carbocycles. The van der Waals surface area contributed by atoms with Crippen LogP contribution in [0.25, 0.3) is 28.2 Å². The quantitative estimate of drug-likeness (QED) is 0.366. The van der Waals surface area contributed by atoms with E-state index >= 15 is 0 Å². The molecule has 0 unspecified atom stereocenters. The molecular formula is C20H12F4N4O. The second-order valence-electron chi connectivity index (χ2n) is 6.33. The molecule has 0 bridgehead atoms. The Hall–Kier alpha value is -3.62. The first-order chi connectivity index (χ1) is 13.7. The fourth-order valence-corrected chi connectivity index (χ4v) is 2.92. The van der Waals surface area contributed by atoms with Crippen LogP contribution in [-0.4, -0.2) is 25.4 Å². The molecule has 29 heavy (non-hydrogen) atoms. The molecule has 0 N–H and O–H groups in total. The Morgan fingerprint density at radius 3 is 2.55 bits per heavy atom. The molecule has 9 heteroatoms. The third-order valence-corrected chi connectivity index (χ3v) is 4.37. The van der Waals surface area contributed by atoms with Crippen LogP contribution in [0.4, 0.5) is 17.6 Å². The summed E-state index contributed by atoms with van der Waals surface area (Å²) in [6.07, 6.45) is -2.71. The van der Waals surface area contributed by atoms with Gasteiger partial charge in [0.2, 0.25) is 0 Å². The molecule has 2 heterocycles. The highest BCUT2D eigenvalue weighted by atomic mass is 19.4. The lowest BCUT2D eigenvalue weighted by Crippen LogP contribution is -2.11. The number of benzene rings is 2. The van der Waals surface area contributed by atoms with Crippen LogP contribution in [0.15, 0.2) is 54.9 Å². The first-order valence-corrected chi connectivity index (χ1v) is 8.43. The van der Waals surface area contributed by atoms with Crippen molar-refractivity contribution in [1.29, 1.82) is 0 Å². The zero-order valence-electron chi connectivity index (χ0n) is 14.9. The van der Waals surface area contributed by atoms with E-state index in [4.69, 9.17) is 0 Å². The third-order valence-electron chi connectivity index (χ3n) is 4.37. The predicted octanol–water partition coefficient (Wildman–Crippen LogP) is 4.82. The van der Waals surface area contributed by atoms with Crippen LogP contribution >= 0.6 is 0 Å². The van der Waals surface area contributed by atoms with E-state index in [1.54, 1.807) is 24.3 Å². The maximum absolute atomic E-state index is 14.5. The number of alkyl halides is 3. The van der Waals surface area contributed by atoms with Gasteiger partial charge in [0.25, 0.3) is 5.78 Å². The lowest BCUT2D eigenvalue weighted by Gasteiger charge is -2.09. The molecule has 0 saturated heterocycles. The van der Waals surface area contributed by atoms with Gasteiger partial charge in [-0.05, 0) is 36.8 Å². The highest BCUT2D eigenvalue weighted by Crippen LogP contribution is 2.31. The van der Waals surface area contributed by atoms with Gasteiger partial charge in [-0.25, -0.2) is 14.4 Å². The molecule has 5 nitrogen and oxygen atoms in total. The fraction of sp³-hybridized carbons (Fsp3) is 0.100. The van der Waals surface area contributed by atoms with Crippen molar-refractivity contribution < 1.29 is 22.4 Å². The number of halogens is 4. The second-order valence-corrected chi connectivity index (χ2v) is 6.33. The lowest BCUT2D eigenvalue weighted by atomic mass is 9.98. The summed E-state index contributed by atoms with van der Waals surface area (Å²) in [5, 5.41) is 3.78. The number of fused-ring (bicyclic) bond motifs is 1. The Kier molecular flexibility index (Phi) is 4.37. The van der Waals surface area contributed by atoms with E-state index in [-0.39, 0.29) is 17.1 Å². The van der Waals surface area contributed by atoms with Gasteiger partial charge in [0.15, 0.2) is 11.5 Å². The first kappa shape index (κ1) is 18.7. The van der Waals surface area contributed by atoms with Crippen molar-refractivity contribution in [1.82, 2.24) is 19.6 Å². The van der Waals surface area contributed by atoms with Gasteiger partial charge in [-0.3, -0.25) is 4.79 Å². The van der Waals surface area contributed by atoms with Gasteiger partial charge in [0, 0.05) is 16.7 Å². The van der Waals surface area contributed by atoms with E-state index in [1.165, 1.54) is 31.3 Å². The van der Waals surface area contributed by atoms with Gasteiger partial charge in [0.1, 0.15) is 5.82 Å². The van der Waals surface area contributed by atoms with Crippen LogP contribution in [0.3, 0.4) is 0 Å². The molecular weight excluding hydrogens is 388 g/mol. The topological polar surface area (TPSA) is 60.2 Å². The number of nitrogens with zero attached hydrogens (tertiary/aromatic N) is 4. The molecule has 0 spiro atoms. The average molecular weight is 400 g/mol. The number of hydrogen-bond acceptors (Lipinski definition) is 4. The molecule has 2 aromatic carbocycles. The molecule has 0 amide bonds. The third kappa shape index (κ3) is 3.46. The Labute approximate surface area is 161 Å². The summed E-state index contributed by atoms with van der Waals surface area (Å²) in [5.74, 6) is -0.881. The second kappa shape index (κ2) is 6.77. The lowest BCUT2D eigenvalue weighted by molar-refractivity contribution is -0.141. The molecule has 0 aliphatic rings. The zero-order chi connectivity index (χ0) is 20.8. The summed E-state index contributed by atoms with van der Waals surface area (Å²) < 4.78 is 54.1. The van der Waals surface area contributed by atoms with Crippen LogP contribution in [0, 0.1) is 5.82 Å². The standard InChI is InChI=1S/C20H12F4N4O/c1-11(29)12-3-2-4-13(7-12)15-8-14(5-6-16(15)21)17-9-25-19-27-18(20(22,23)24)10-26-28(17)19/h2-10H,1H3. The molecule has 4 rings (SSSR count). The normalized spacial score (nSPS) is 11.8. The molecule has 0 aliphatic carbocycles. The van der Waals surface area contributed by atoms with Crippen LogP contribution in [0.2, 0.25) is 0 Å². The molecule has 146 valence electrons. The molecule has 2 aromatic heterocycles. The van der Waals surface area contributed by atoms with E-state index in [0.29, 0.717) is 28.6 Å². The SMILES string of the molecule is CC(=O)c1cccc(-c2cc(-c3cnc4nc(C(F)(F)F)cnn34)ccc2F)c1. The minimum absolute atomic E-state index is 0.152. The summed E-state index contributed by atoms with van der Waals surface area (Å²) in [7, 11) is 0. The van der Waals surface area contributed by atoms with Crippen molar-refractivity contribution in [2.45, 2.75) is 13.1 Å². The number of carbonyl (C=O) groups excluding carboxylic acids is 1. The monoisotopic (exact) mass is 400 g/mol. The smallest absolute Gasteiger partial charge is 0.295 e. The number of ketones is 1. The Morgan fingerprint density at radius 1 is 1.03 bits per heavy atom. The van der Waals surface area contributed by atoms with Gasteiger partial charge in [0.05, 0.1) is 18.1 Å². The minimum atomic E-state index is -4.63. The first-order valence-electron chi connectivity index (χ1n) is 8.43. The number of carbonyl (C=O) groups is 1. The maximum atomic E-state index is 14.5. The Bertz CT molecular complexity index is 1250. The van der Waals surface area contributed by atoms with Crippen LogP contribution in [0.5, 0.6) is 0 Å². The predicted molar refractivity (Wildman–Crippen MR) is 96.6 cm³/mol. The van der Waals surface area contributed by atoms with Gasteiger partial charge >= 0.3 is 6.18 Å². The summed E-state index contributed by atoms with van der Waals surface area (Å²) >= 11 is 0. The number of hydrogen-bond donors (Lipinski definition) is 0.